The molecular formula is C15H21N7S. The van der Waals surface area contributed by atoms with Crippen LogP contribution in [0.15, 0.2) is 0 Å². The topological polar surface area (TPSA) is 63.8 Å². The van der Waals surface area contributed by atoms with E-state index >= 15 is 0 Å². The Morgan fingerprint density at radius 2 is 1.78 bits per heavy atom. The smallest absolute Gasteiger partial charge is 0.190 e. The quantitative estimate of drug-likeness (QED) is 0.799. The fourth-order valence-corrected chi connectivity index (χ4v) is 4.07. The van der Waals surface area contributed by atoms with Gasteiger partial charge >= 0.3 is 0 Å². The second-order valence-electron chi connectivity index (χ2n) is 6.11. The van der Waals surface area contributed by atoms with E-state index in [-0.39, 0.29) is 0 Å². The average Bonchev–Trinajstić information content (AvgIpc) is 3.25. The fourth-order valence-electron chi connectivity index (χ4n) is 3.13. The zero-order valence-corrected chi connectivity index (χ0v) is 14.7. The van der Waals surface area contributed by atoms with E-state index in [1.54, 1.807) is 11.3 Å². The van der Waals surface area contributed by atoms with Gasteiger partial charge in [0.2, 0.25) is 0 Å². The van der Waals surface area contributed by atoms with Crippen molar-refractivity contribution in [3.63, 3.8) is 0 Å². The molecule has 0 amide bonds. The van der Waals surface area contributed by atoms with Crippen LogP contribution in [0, 0.1) is 13.8 Å². The van der Waals surface area contributed by atoms with Crippen LogP contribution in [-0.4, -0.2) is 37.6 Å². The van der Waals surface area contributed by atoms with E-state index < -0.39 is 0 Å². The summed E-state index contributed by atoms with van der Waals surface area (Å²) in [6.45, 7) is 6.27. The van der Waals surface area contributed by atoms with Crippen LogP contribution in [0.3, 0.4) is 0 Å². The zero-order chi connectivity index (χ0) is 16.1. The number of hydrogen-bond donors (Lipinski definition) is 1. The van der Waals surface area contributed by atoms with Gasteiger partial charge in [-0.25, -0.2) is 9.67 Å². The summed E-state index contributed by atoms with van der Waals surface area (Å²) < 4.78 is 4.92. The summed E-state index contributed by atoms with van der Waals surface area (Å²) in [5, 5.41) is 13.5. The van der Waals surface area contributed by atoms with E-state index in [4.69, 9.17) is 10.1 Å². The van der Waals surface area contributed by atoms with Crippen molar-refractivity contribution in [2.75, 3.05) is 23.3 Å². The number of rotatable bonds is 3. The molecular weight excluding hydrogens is 310 g/mol. The molecule has 0 aromatic carbocycles. The van der Waals surface area contributed by atoms with Gasteiger partial charge in [-0.2, -0.15) is 10.2 Å². The van der Waals surface area contributed by atoms with E-state index in [2.05, 4.69) is 22.2 Å². The molecule has 1 fully saturated rings. The standard InChI is InChI=1S/C15H21N7S/c1-9-12-14(21(4)18-9)17-15(23-12)16-11-10(2)20(3)19-13(11)22-7-5-6-8-22/h5-8H2,1-4H3,(H,16,17). The molecule has 122 valence electrons. The molecule has 3 aromatic heterocycles. The summed E-state index contributed by atoms with van der Waals surface area (Å²) in [4.78, 5) is 7.06. The maximum atomic E-state index is 4.70. The predicted octanol–water partition coefficient (Wildman–Crippen LogP) is 2.72. The molecule has 1 N–H and O–H groups in total. The van der Waals surface area contributed by atoms with Crippen LogP contribution in [0.1, 0.15) is 24.2 Å². The molecule has 1 aliphatic rings. The molecule has 1 aliphatic heterocycles. The van der Waals surface area contributed by atoms with E-state index in [1.807, 2.05) is 30.4 Å². The molecule has 0 unspecified atom stereocenters. The van der Waals surface area contributed by atoms with Crippen molar-refractivity contribution in [1.29, 1.82) is 0 Å². The predicted molar refractivity (Wildman–Crippen MR) is 93.8 cm³/mol. The Kier molecular flexibility index (Phi) is 3.29. The molecule has 0 spiro atoms. The van der Waals surface area contributed by atoms with Crippen LogP contribution in [-0.2, 0) is 14.1 Å². The Morgan fingerprint density at radius 1 is 1.04 bits per heavy atom. The van der Waals surface area contributed by atoms with Gasteiger partial charge in [0.05, 0.1) is 16.1 Å². The lowest BCUT2D eigenvalue weighted by molar-refractivity contribution is 0.731. The zero-order valence-electron chi connectivity index (χ0n) is 13.9. The number of aromatic nitrogens is 5. The normalized spacial score (nSPS) is 15.0. The minimum absolute atomic E-state index is 0.896. The molecule has 1 saturated heterocycles. The fraction of sp³-hybridized carbons (Fsp3) is 0.533. The Labute approximate surface area is 138 Å². The molecule has 0 aliphatic carbocycles. The summed E-state index contributed by atoms with van der Waals surface area (Å²) in [7, 11) is 3.93. The molecule has 4 heterocycles. The second-order valence-corrected chi connectivity index (χ2v) is 7.11. The lowest BCUT2D eigenvalue weighted by atomic mass is 10.3. The summed E-state index contributed by atoms with van der Waals surface area (Å²) in [6.07, 6.45) is 2.47. The largest absolute Gasteiger partial charge is 0.353 e. The van der Waals surface area contributed by atoms with E-state index in [1.165, 1.54) is 12.8 Å². The van der Waals surface area contributed by atoms with E-state index in [9.17, 15) is 0 Å². The summed E-state index contributed by atoms with van der Waals surface area (Å²) >= 11 is 1.65. The molecule has 8 heteroatoms. The first-order valence-corrected chi connectivity index (χ1v) is 8.72. The van der Waals surface area contributed by atoms with Crippen LogP contribution in [0.25, 0.3) is 10.3 Å². The van der Waals surface area contributed by atoms with Crippen LogP contribution >= 0.6 is 11.3 Å². The Bertz CT molecular complexity index is 832. The average molecular weight is 331 g/mol. The Morgan fingerprint density at radius 3 is 2.48 bits per heavy atom. The minimum Gasteiger partial charge on any atom is -0.353 e. The Hall–Kier alpha value is -2.09. The number of nitrogens with zero attached hydrogens (tertiary/aromatic N) is 6. The van der Waals surface area contributed by atoms with Crippen LogP contribution < -0.4 is 10.2 Å². The number of thiazole rings is 1. The van der Waals surface area contributed by atoms with Gasteiger partial charge < -0.3 is 10.2 Å². The lowest BCUT2D eigenvalue weighted by Gasteiger charge is -2.16. The highest BCUT2D eigenvalue weighted by molar-refractivity contribution is 7.22. The second kappa shape index (κ2) is 5.23. The molecule has 4 rings (SSSR count). The number of fused-ring (bicyclic) bond motifs is 1. The first kappa shape index (κ1) is 14.5. The molecule has 0 radical (unpaired) electrons. The van der Waals surface area contributed by atoms with Crippen molar-refractivity contribution in [1.82, 2.24) is 24.5 Å². The highest BCUT2D eigenvalue weighted by atomic mass is 32.1. The number of nitrogens with one attached hydrogen (secondary N) is 1. The van der Waals surface area contributed by atoms with Gasteiger partial charge in [0.25, 0.3) is 0 Å². The van der Waals surface area contributed by atoms with Gasteiger partial charge in [-0.3, -0.25) is 4.68 Å². The number of hydrogen-bond acceptors (Lipinski definition) is 6. The first-order valence-electron chi connectivity index (χ1n) is 7.90. The molecule has 23 heavy (non-hydrogen) atoms. The van der Waals surface area contributed by atoms with Crippen LogP contribution in [0.4, 0.5) is 16.6 Å². The molecule has 7 nitrogen and oxygen atoms in total. The van der Waals surface area contributed by atoms with E-state index in [0.717, 1.165) is 51.5 Å². The summed E-state index contributed by atoms with van der Waals surface area (Å²) in [5.41, 5.74) is 4.15. The molecule has 3 aromatic rings. The van der Waals surface area contributed by atoms with Crippen molar-refractivity contribution >= 4 is 38.3 Å². The summed E-state index contributed by atoms with van der Waals surface area (Å²) in [6, 6.07) is 0. The maximum absolute atomic E-state index is 4.70. The maximum Gasteiger partial charge on any atom is 0.190 e. The number of aryl methyl sites for hydroxylation is 3. The highest BCUT2D eigenvalue weighted by Crippen LogP contribution is 2.36. The van der Waals surface area contributed by atoms with Gasteiger partial charge in [0, 0.05) is 27.2 Å². The lowest BCUT2D eigenvalue weighted by Crippen LogP contribution is -2.19. The van der Waals surface area contributed by atoms with Crippen LogP contribution in [0.2, 0.25) is 0 Å². The first-order chi connectivity index (χ1) is 11.0. The molecule has 0 saturated carbocycles. The molecule has 0 atom stereocenters. The van der Waals surface area contributed by atoms with Gasteiger partial charge in [-0.1, -0.05) is 11.3 Å². The monoisotopic (exact) mass is 331 g/mol. The van der Waals surface area contributed by atoms with Crippen molar-refractivity contribution in [3.8, 4) is 0 Å². The van der Waals surface area contributed by atoms with Crippen molar-refractivity contribution in [2.24, 2.45) is 14.1 Å². The van der Waals surface area contributed by atoms with Gasteiger partial charge in [-0.15, -0.1) is 0 Å². The van der Waals surface area contributed by atoms with Crippen molar-refractivity contribution in [2.45, 2.75) is 26.7 Å². The number of anilines is 3. The SMILES string of the molecule is Cc1nn(C)c2nc(Nc3c(N4CCCC4)nn(C)c3C)sc12. The third-order valence-corrected chi connectivity index (χ3v) is 5.57. The van der Waals surface area contributed by atoms with Gasteiger partial charge in [0.15, 0.2) is 16.6 Å². The van der Waals surface area contributed by atoms with Crippen molar-refractivity contribution in [3.05, 3.63) is 11.4 Å². The molecule has 0 bridgehead atoms. The van der Waals surface area contributed by atoms with Crippen LogP contribution in [0.5, 0.6) is 0 Å². The third kappa shape index (κ3) is 2.28. The van der Waals surface area contributed by atoms with Gasteiger partial charge in [0.1, 0.15) is 5.69 Å². The minimum atomic E-state index is 0.896. The third-order valence-electron chi connectivity index (χ3n) is 4.50. The highest BCUT2D eigenvalue weighted by Gasteiger charge is 2.23. The van der Waals surface area contributed by atoms with Crippen molar-refractivity contribution < 1.29 is 0 Å². The van der Waals surface area contributed by atoms with E-state index in [0.29, 0.717) is 0 Å². The Balaban J connectivity index is 1.73. The van der Waals surface area contributed by atoms with Gasteiger partial charge in [-0.05, 0) is 26.7 Å². The summed E-state index contributed by atoms with van der Waals surface area (Å²) in [5.74, 6) is 1.04.